The number of hydrogen-bond donors (Lipinski definition) is 0. The van der Waals surface area contributed by atoms with Crippen molar-refractivity contribution in [2.45, 2.75) is 117 Å². The maximum Gasteiger partial charge on any atom is 0.306 e. The molecule has 0 aromatic rings. The predicted octanol–water partition coefficient (Wildman–Crippen LogP) is 5.96. The second-order valence-corrected chi connectivity index (χ2v) is 7.15. The Morgan fingerprint density at radius 2 is 1.16 bits per heavy atom. The van der Waals surface area contributed by atoms with E-state index in [0.717, 1.165) is 12.8 Å². The normalized spacial score (nSPS) is 10.9. The van der Waals surface area contributed by atoms with Gasteiger partial charge in [-0.25, -0.2) is 0 Å². The van der Waals surface area contributed by atoms with Crippen molar-refractivity contribution < 1.29 is 19.1 Å². The zero-order valence-corrected chi connectivity index (χ0v) is 16.8. The van der Waals surface area contributed by atoms with E-state index in [2.05, 4.69) is 6.92 Å². The van der Waals surface area contributed by atoms with Crippen LogP contribution >= 0.6 is 0 Å². The lowest BCUT2D eigenvalue weighted by Gasteiger charge is -2.07. The highest BCUT2D eigenvalue weighted by atomic mass is 16.5. The second kappa shape index (κ2) is 17.8. The SMILES string of the molecule is CCCCCCCCCCCCCOC(=O)CCCC(=O)OC(C)C. The van der Waals surface area contributed by atoms with Crippen molar-refractivity contribution in [3.63, 3.8) is 0 Å². The smallest absolute Gasteiger partial charge is 0.306 e. The third-order valence-corrected chi connectivity index (χ3v) is 4.14. The molecule has 0 aliphatic carbocycles. The summed E-state index contributed by atoms with van der Waals surface area (Å²) in [6.07, 6.45) is 15.1. The fourth-order valence-electron chi connectivity index (χ4n) is 2.72. The molecular weight excluding hydrogens is 316 g/mol. The molecule has 0 atom stereocenters. The maximum atomic E-state index is 11.6. The van der Waals surface area contributed by atoms with Gasteiger partial charge in [-0.05, 0) is 26.7 Å². The minimum atomic E-state index is -0.242. The molecule has 0 aromatic heterocycles. The van der Waals surface area contributed by atoms with Gasteiger partial charge in [0.15, 0.2) is 0 Å². The average molecular weight is 357 g/mol. The first-order chi connectivity index (χ1) is 12.1. The number of rotatable bonds is 17. The molecule has 0 radical (unpaired) electrons. The summed E-state index contributed by atoms with van der Waals surface area (Å²) in [6.45, 7) is 6.40. The topological polar surface area (TPSA) is 52.6 Å². The van der Waals surface area contributed by atoms with E-state index in [1.54, 1.807) is 0 Å². The van der Waals surface area contributed by atoms with Gasteiger partial charge in [0.2, 0.25) is 0 Å². The fourth-order valence-corrected chi connectivity index (χ4v) is 2.72. The summed E-state index contributed by atoms with van der Waals surface area (Å²) in [6, 6.07) is 0. The Kier molecular flexibility index (Phi) is 17.0. The van der Waals surface area contributed by atoms with E-state index in [0.29, 0.717) is 19.4 Å². The van der Waals surface area contributed by atoms with Gasteiger partial charge in [0.05, 0.1) is 12.7 Å². The third kappa shape index (κ3) is 19.1. The van der Waals surface area contributed by atoms with Crippen LogP contribution in [0.1, 0.15) is 111 Å². The zero-order valence-electron chi connectivity index (χ0n) is 16.8. The van der Waals surface area contributed by atoms with Crippen LogP contribution in [0.2, 0.25) is 0 Å². The highest BCUT2D eigenvalue weighted by Crippen LogP contribution is 2.11. The number of ether oxygens (including phenoxy) is 2. The summed E-state index contributed by atoms with van der Waals surface area (Å²) in [5.74, 6) is -0.447. The Morgan fingerprint density at radius 1 is 0.680 bits per heavy atom. The van der Waals surface area contributed by atoms with Gasteiger partial charge in [0, 0.05) is 12.8 Å². The molecule has 0 saturated heterocycles. The Labute approximate surface area is 155 Å². The molecule has 0 aliphatic heterocycles. The summed E-state index contributed by atoms with van der Waals surface area (Å²) in [5, 5.41) is 0. The van der Waals surface area contributed by atoms with Crippen LogP contribution in [-0.4, -0.2) is 24.6 Å². The van der Waals surface area contributed by atoms with Crippen molar-refractivity contribution in [1.82, 2.24) is 0 Å². The number of carbonyl (C=O) groups is 2. The van der Waals surface area contributed by atoms with Gasteiger partial charge < -0.3 is 9.47 Å². The van der Waals surface area contributed by atoms with Crippen molar-refractivity contribution >= 4 is 11.9 Å². The molecule has 0 aliphatic rings. The van der Waals surface area contributed by atoms with Crippen LogP contribution in [0.5, 0.6) is 0 Å². The first-order valence-corrected chi connectivity index (χ1v) is 10.4. The van der Waals surface area contributed by atoms with Gasteiger partial charge in [-0.15, -0.1) is 0 Å². The fraction of sp³-hybridized carbons (Fsp3) is 0.905. The lowest BCUT2D eigenvalue weighted by Crippen LogP contribution is -2.12. The molecule has 148 valence electrons. The second-order valence-electron chi connectivity index (χ2n) is 7.15. The van der Waals surface area contributed by atoms with Gasteiger partial charge in [0.25, 0.3) is 0 Å². The minimum Gasteiger partial charge on any atom is -0.466 e. The molecule has 0 amide bonds. The summed E-state index contributed by atoms with van der Waals surface area (Å²) < 4.78 is 10.2. The van der Waals surface area contributed by atoms with E-state index < -0.39 is 0 Å². The molecule has 0 rings (SSSR count). The lowest BCUT2D eigenvalue weighted by molar-refractivity contribution is -0.148. The highest BCUT2D eigenvalue weighted by Gasteiger charge is 2.08. The van der Waals surface area contributed by atoms with Crippen LogP contribution in [0, 0.1) is 0 Å². The first-order valence-electron chi connectivity index (χ1n) is 10.4. The van der Waals surface area contributed by atoms with Crippen molar-refractivity contribution in [1.29, 1.82) is 0 Å². The van der Waals surface area contributed by atoms with Crippen molar-refractivity contribution in [3.8, 4) is 0 Å². The highest BCUT2D eigenvalue weighted by molar-refractivity contribution is 5.72. The Bertz CT molecular complexity index is 326. The molecule has 0 fully saturated rings. The molecule has 0 saturated carbocycles. The molecule has 0 heterocycles. The van der Waals surface area contributed by atoms with Gasteiger partial charge >= 0.3 is 11.9 Å². The van der Waals surface area contributed by atoms with Crippen LogP contribution in [0.25, 0.3) is 0 Å². The summed E-state index contributed by atoms with van der Waals surface area (Å²) >= 11 is 0. The van der Waals surface area contributed by atoms with Crippen molar-refractivity contribution in [2.75, 3.05) is 6.61 Å². The van der Waals surface area contributed by atoms with Crippen LogP contribution in [0.4, 0.5) is 0 Å². The molecular formula is C21H40O4. The van der Waals surface area contributed by atoms with Gasteiger partial charge in [0.1, 0.15) is 0 Å². The molecule has 0 aromatic carbocycles. The number of hydrogen-bond acceptors (Lipinski definition) is 4. The summed E-state index contributed by atoms with van der Waals surface area (Å²) in [5.41, 5.74) is 0. The Hall–Kier alpha value is -1.06. The van der Waals surface area contributed by atoms with Crippen LogP contribution in [-0.2, 0) is 19.1 Å². The number of esters is 2. The zero-order chi connectivity index (χ0) is 18.8. The molecule has 0 unspecified atom stereocenters. The number of carbonyl (C=O) groups excluding carboxylic acids is 2. The van der Waals surface area contributed by atoms with Crippen LogP contribution < -0.4 is 0 Å². The monoisotopic (exact) mass is 356 g/mol. The maximum absolute atomic E-state index is 11.6. The van der Waals surface area contributed by atoms with Crippen molar-refractivity contribution in [2.24, 2.45) is 0 Å². The lowest BCUT2D eigenvalue weighted by atomic mass is 10.1. The van der Waals surface area contributed by atoms with Gasteiger partial charge in [-0.1, -0.05) is 71.1 Å². The van der Waals surface area contributed by atoms with Gasteiger partial charge in [-0.3, -0.25) is 9.59 Å². The minimum absolute atomic E-state index is 0.0968. The van der Waals surface area contributed by atoms with E-state index in [9.17, 15) is 9.59 Å². The van der Waals surface area contributed by atoms with E-state index in [1.807, 2.05) is 13.8 Å². The van der Waals surface area contributed by atoms with E-state index in [1.165, 1.54) is 57.8 Å². The Balaban J connectivity index is 3.26. The van der Waals surface area contributed by atoms with E-state index in [4.69, 9.17) is 9.47 Å². The molecule has 0 N–H and O–H groups in total. The molecule has 0 bridgehead atoms. The largest absolute Gasteiger partial charge is 0.466 e. The van der Waals surface area contributed by atoms with E-state index in [-0.39, 0.29) is 24.5 Å². The average Bonchev–Trinajstić information content (AvgIpc) is 2.55. The quantitative estimate of drug-likeness (QED) is 0.238. The molecule has 25 heavy (non-hydrogen) atoms. The van der Waals surface area contributed by atoms with Gasteiger partial charge in [-0.2, -0.15) is 0 Å². The molecule has 0 spiro atoms. The molecule has 4 nitrogen and oxygen atoms in total. The third-order valence-electron chi connectivity index (χ3n) is 4.14. The Morgan fingerprint density at radius 3 is 1.68 bits per heavy atom. The number of unbranched alkanes of at least 4 members (excludes halogenated alkanes) is 10. The van der Waals surface area contributed by atoms with Crippen molar-refractivity contribution in [3.05, 3.63) is 0 Å². The summed E-state index contributed by atoms with van der Waals surface area (Å²) in [4.78, 5) is 22.9. The predicted molar refractivity (Wildman–Crippen MR) is 102 cm³/mol. The van der Waals surface area contributed by atoms with Crippen LogP contribution in [0.15, 0.2) is 0 Å². The first kappa shape index (κ1) is 23.9. The molecule has 4 heteroatoms. The summed E-state index contributed by atoms with van der Waals surface area (Å²) in [7, 11) is 0. The van der Waals surface area contributed by atoms with E-state index >= 15 is 0 Å². The standard InChI is InChI=1S/C21H40O4/c1-4-5-6-7-8-9-10-11-12-13-14-18-24-20(22)16-15-17-21(23)25-19(2)3/h19H,4-18H2,1-3H3. The van der Waals surface area contributed by atoms with Crippen LogP contribution in [0.3, 0.4) is 0 Å².